The van der Waals surface area contributed by atoms with Gasteiger partial charge in [-0.2, -0.15) is 0 Å². The van der Waals surface area contributed by atoms with Gasteiger partial charge in [-0.1, -0.05) is 12.2 Å². The largest absolute Gasteiger partial charge is 0.459 e. The molecule has 2 rings (SSSR count). The predicted octanol–water partition coefficient (Wildman–Crippen LogP) is 0.0964. The Hall–Kier alpha value is -0.830. The van der Waals surface area contributed by atoms with Crippen molar-refractivity contribution in [1.82, 2.24) is 0 Å². The smallest absolute Gasteiger partial charge is 0.310 e. The van der Waals surface area contributed by atoms with Crippen LogP contribution in [0.2, 0.25) is 0 Å². The zero-order chi connectivity index (χ0) is 7.84. The van der Waals surface area contributed by atoms with E-state index >= 15 is 0 Å². The summed E-state index contributed by atoms with van der Waals surface area (Å²) in [5.41, 5.74) is 0. The van der Waals surface area contributed by atoms with Crippen molar-refractivity contribution in [2.75, 3.05) is 6.61 Å². The number of hydrogen-bond donors (Lipinski definition) is 1. The molecule has 3 heteroatoms. The number of carbonyl (C=O) groups is 1. The molecular formula is C8H10O3. The summed E-state index contributed by atoms with van der Waals surface area (Å²) in [6, 6.07) is 0. The summed E-state index contributed by atoms with van der Waals surface area (Å²) in [5, 5.41) is 8.82. The molecule has 0 saturated carbocycles. The maximum Gasteiger partial charge on any atom is 0.310 e. The summed E-state index contributed by atoms with van der Waals surface area (Å²) in [6.45, 7) is -0.0583. The molecule has 0 aromatic heterocycles. The van der Waals surface area contributed by atoms with Gasteiger partial charge in [0.25, 0.3) is 0 Å². The molecule has 1 aliphatic heterocycles. The first kappa shape index (κ1) is 6.85. The molecule has 0 radical (unpaired) electrons. The Kier molecular flexibility index (Phi) is 1.46. The van der Waals surface area contributed by atoms with Crippen molar-refractivity contribution in [3.63, 3.8) is 0 Å². The summed E-state index contributed by atoms with van der Waals surface area (Å²) in [5.74, 6) is -0.0290. The molecule has 1 N–H and O–H groups in total. The van der Waals surface area contributed by atoms with Crippen molar-refractivity contribution >= 4 is 5.97 Å². The van der Waals surface area contributed by atoms with Crippen LogP contribution in [0.4, 0.5) is 0 Å². The van der Waals surface area contributed by atoms with E-state index in [1.165, 1.54) is 0 Å². The molecule has 60 valence electrons. The summed E-state index contributed by atoms with van der Waals surface area (Å²) in [7, 11) is 0. The van der Waals surface area contributed by atoms with Crippen molar-refractivity contribution in [3.05, 3.63) is 12.2 Å². The van der Waals surface area contributed by atoms with E-state index in [0.717, 1.165) is 6.42 Å². The second-order valence-corrected chi connectivity index (χ2v) is 3.01. The van der Waals surface area contributed by atoms with Crippen LogP contribution in [0.25, 0.3) is 0 Å². The van der Waals surface area contributed by atoms with Crippen LogP contribution in [0, 0.1) is 11.8 Å². The van der Waals surface area contributed by atoms with Gasteiger partial charge in [0.05, 0.1) is 12.5 Å². The summed E-state index contributed by atoms with van der Waals surface area (Å²) >= 11 is 0. The highest BCUT2D eigenvalue weighted by Gasteiger charge is 2.44. The van der Waals surface area contributed by atoms with Gasteiger partial charge in [-0.3, -0.25) is 4.79 Å². The SMILES string of the molecule is O=C1O[C@@H](CO)[C@@H]2C=CC[C@H]12. The summed E-state index contributed by atoms with van der Waals surface area (Å²) in [4.78, 5) is 11.1. The fourth-order valence-corrected chi connectivity index (χ4v) is 1.78. The second kappa shape index (κ2) is 2.34. The van der Waals surface area contributed by atoms with Gasteiger partial charge in [-0.05, 0) is 6.42 Å². The van der Waals surface area contributed by atoms with E-state index in [2.05, 4.69) is 0 Å². The molecule has 1 saturated heterocycles. The van der Waals surface area contributed by atoms with Crippen LogP contribution in [-0.4, -0.2) is 23.8 Å². The molecule has 1 fully saturated rings. The number of cyclic esters (lactones) is 1. The number of carbonyl (C=O) groups excluding carboxylic acids is 1. The summed E-state index contributed by atoms with van der Waals surface area (Å²) in [6.07, 6.45) is 4.45. The van der Waals surface area contributed by atoms with Crippen molar-refractivity contribution in [2.24, 2.45) is 11.8 Å². The zero-order valence-corrected chi connectivity index (χ0v) is 6.06. The van der Waals surface area contributed by atoms with E-state index < -0.39 is 0 Å². The first-order valence-corrected chi connectivity index (χ1v) is 3.81. The van der Waals surface area contributed by atoms with Crippen LogP contribution in [0.1, 0.15) is 6.42 Å². The zero-order valence-electron chi connectivity index (χ0n) is 6.06. The molecule has 1 aliphatic carbocycles. The molecule has 1 heterocycles. The molecule has 0 bridgehead atoms. The molecule has 0 aromatic carbocycles. The third kappa shape index (κ3) is 0.878. The van der Waals surface area contributed by atoms with Crippen LogP contribution in [0.3, 0.4) is 0 Å². The lowest BCUT2D eigenvalue weighted by Crippen LogP contribution is -2.19. The quantitative estimate of drug-likeness (QED) is 0.430. The Balaban J connectivity index is 2.18. The van der Waals surface area contributed by atoms with Gasteiger partial charge in [0, 0.05) is 5.92 Å². The van der Waals surface area contributed by atoms with Crippen LogP contribution < -0.4 is 0 Å². The minimum absolute atomic E-state index is 0.00727. The van der Waals surface area contributed by atoms with Crippen molar-refractivity contribution in [1.29, 1.82) is 0 Å². The molecule has 0 aromatic rings. The lowest BCUT2D eigenvalue weighted by Gasteiger charge is -2.09. The van der Waals surface area contributed by atoms with Crippen molar-refractivity contribution in [3.8, 4) is 0 Å². The van der Waals surface area contributed by atoms with Crippen molar-refractivity contribution in [2.45, 2.75) is 12.5 Å². The number of aliphatic hydroxyl groups is 1. The fourth-order valence-electron chi connectivity index (χ4n) is 1.78. The number of aliphatic hydroxyl groups excluding tert-OH is 1. The van der Waals surface area contributed by atoms with Crippen LogP contribution in [0.15, 0.2) is 12.2 Å². The van der Waals surface area contributed by atoms with E-state index in [1.807, 2.05) is 12.2 Å². The highest BCUT2D eigenvalue weighted by molar-refractivity contribution is 5.76. The number of esters is 1. The predicted molar refractivity (Wildman–Crippen MR) is 37.7 cm³/mol. The fraction of sp³-hybridized carbons (Fsp3) is 0.625. The van der Waals surface area contributed by atoms with Gasteiger partial charge in [0.15, 0.2) is 0 Å². The monoisotopic (exact) mass is 154 g/mol. The topological polar surface area (TPSA) is 46.5 Å². The molecule has 0 spiro atoms. The van der Waals surface area contributed by atoms with Gasteiger partial charge in [0.1, 0.15) is 6.10 Å². The number of rotatable bonds is 1. The highest BCUT2D eigenvalue weighted by atomic mass is 16.6. The minimum atomic E-state index is -0.286. The van der Waals surface area contributed by atoms with Crippen molar-refractivity contribution < 1.29 is 14.6 Å². The summed E-state index contributed by atoms with van der Waals surface area (Å²) < 4.78 is 4.94. The Bertz CT molecular complexity index is 209. The lowest BCUT2D eigenvalue weighted by atomic mass is 9.94. The Morgan fingerprint density at radius 3 is 3.27 bits per heavy atom. The van der Waals surface area contributed by atoms with Gasteiger partial charge < -0.3 is 9.84 Å². The maximum atomic E-state index is 11.1. The second-order valence-electron chi connectivity index (χ2n) is 3.01. The number of fused-ring (bicyclic) bond motifs is 1. The van der Waals surface area contributed by atoms with E-state index in [9.17, 15) is 4.79 Å². The molecule has 2 aliphatic rings. The lowest BCUT2D eigenvalue weighted by molar-refractivity contribution is -0.145. The average molecular weight is 154 g/mol. The normalized spacial score (nSPS) is 40.8. The minimum Gasteiger partial charge on any atom is -0.459 e. The van der Waals surface area contributed by atoms with Crippen LogP contribution in [-0.2, 0) is 9.53 Å². The first-order chi connectivity index (χ1) is 5.33. The molecular weight excluding hydrogens is 144 g/mol. The third-order valence-corrected chi connectivity index (χ3v) is 2.39. The van der Waals surface area contributed by atoms with Gasteiger partial charge in [0.2, 0.25) is 0 Å². The number of hydrogen-bond acceptors (Lipinski definition) is 3. The number of allylic oxidation sites excluding steroid dienone is 1. The highest BCUT2D eigenvalue weighted by Crippen LogP contribution is 2.36. The average Bonchev–Trinajstić information content (AvgIpc) is 2.54. The Morgan fingerprint density at radius 1 is 1.73 bits per heavy atom. The van der Waals surface area contributed by atoms with E-state index in [0.29, 0.717) is 0 Å². The van der Waals surface area contributed by atoms with Crippen LogP contribution >= 0.6 is 0 Å². The Morgan fingerprint density at radius 2 is 2.55 bits per heavy atom. The molecule has 0 unspecified atom stereocenters. The first-order valence-electron chi connectivity index (χ1n) is 3.81. The molecule has 11 heavy (non-hydrogen) atoms. The number of ether oxygens (including phenoxy) is 1. The molecule has 0 amide bonds. The third-order valence-electron chi connectivity index (χ3n) is 2.39. The maximum absolute atomic E-state index is 11.1. The van der Waals surface area contributed by atoms with E-state index in [4.69, 9.17) is 9.84 Å². The standard InChI is InChI=1S/C8H10O3/c9-4-7-5-2-1-3-6(5)8(10)11-7/h1-2,5-7,9H,3-4H2/t5-,6+,7+/m1/s1. The van der Waals surface area contributed by atoms with Gasteiger partial charge in [-0.15, -0.1) is 0 Å². The van der Waals surface area contributed by atoms with Gasteiger partial charge in [-0.25, -0.2) is 0 Å². The van der Waals surface area contributed by atoms with E-state index in [-0.39, 0.29) is 30.5 Å². The molecule has 3 nitrogen and oxygen atoms in total. The van der Waals surface area contributed by atoms with Gasteiger partial charge >= 0.3 is 5.97 Å². The Labute approximate surface area is 64.7 Å². The molecule has 3 atom stereocenters. The van der Waals surface area contributed by atoms with E-state index in [1.54, 1.807) is 0 Å². The van der Waals surface area contributed by atoms with Crippen LogP contribution in [0.5, 0.6) is 0 Å².